The minimum Gasteiger partial charge on any atom is -0.341 e. The molecule has 2 fully saturated rings. The molecule has 1 aromatic heterocycles. The highest BCUT2D eigenvalue weighted by Crippen LogP contribution is 2.23. The zero-order valence-electron chi connectivity index (χ0n) is 17.2. The van der Waals surface area contributed by atoms with E-state index in [9.17, 15) is 9.59 Å². The van der Waals surface area contributed by atoms with Crippen molar-refractivity contribution in [3.05, 3.63) is 50.9 Å². The van der Waals surface area contributed by atoms with E-state index >= 15 is 0 Å². The summed E-state index contributed by atoms with van der Waals surface area (Å²) in [5.74, 6) is -0.0653. The van der Waals surface area contributed by atoms with Gasteiger partial charge in [0, 0.05) is 62.6 Å². The number of hydrogen-bond donors (Lipinski definition) is 0. The zero-order valence-corrected chi connectivity index (χ0v) is 18.8. The molecule has 0 radical (unpaired) electrons. The third-order valence-electron chi connectivity index (χ3n) is 5.80. The van der Waals surface area contributed by atoms with E-state index in [-0.39, 0.29) is 17.7 Å². The average Bonchev–Trinajstić information content (AvgIpc) is 3.21. The van der Waals surface area contributed by atoms with E-state index < -0.39 is 0 Å². The first kappa shape index (κ1) is 21.3. The maximum atomic E-state index is 13.1. The van der Waals surface area contributed by atoms with E-state index in [0.717, 1.165) is 48.9 Å². The van der Waals surface area contributed by atoms with Crippen molar-refractivity contribution in [1.29, 1.82) is 0 Å². The van der Waals surface area contributed by atoms with Gasteiger partial charge in [-0.1, -0.05) is 23.7 Å². The van der Waals surface area contributed by atoms with Crippen molar-refractivity contribution in [3.63, 3.8) is 0 Å². The van der Waals surface area contributed by atoms with Crippen LogP contribution in [0.3, 0.4) is 0 Å². The Labute approximate surface area is 186 Å². The molecule has 1 unspecified atom stereocenters. The predicted molar refractivity (Wildman–Crippen MR) is 118 cm³/mol. The minimum absolute atomic E-state index is 0.0543. The van der Waals surface area contributed by atoms with Crippen LogP contribution in [0.25, 0.3) is 0 Å². The first-order valence-corrected chi connectivity index (χ1v) is 11.7. The van der Waals surface area contributed by atoms with Gasteiger partial charge in [0.2, 0.25) is 11.8 Å². The molecule has 4 rings (SSSR count). The van der Waals surface area contributed by atoms with Crippen LogP contribution in [0.5, 0.6) is 0 Å². The quantitative estimate of drug-likeness (QED) is 0.707. The minimum atomic E-state index is -0.238. The van der Waals surface area contributed by atoms with Gasteiger partial charge in [0.1, 0.15) is 0 Å². The number of amides is 2. The van der Waals surface area contributed by atoms with Gasteiger partial charge in [0.15, 0.2) is 0 Å². The lowest BCUT2D eigenvalue weighted by Gasteiger charge is -2.24. The van der Waals surface area contributed by atoms with Crippen molar-refractivity contribution >= 4 is 34.8 Å². The zero-order chi connectivity index (χ0) is 21.1. The molecule has 2 aliphatic heterocycles. The van der Waals surface area contributed by atoms with Gasteiger partial charge in [0.05, 0.1) is 16.6 Å². The lowest BCUT2D eigenvalue weighted by Crippen LogP contribution is -2.39. The molecule has 1 atom stereocenters. The summed E-state index contributed by atoms with van der Waals surface area (Å²) >= 11 is 7.62. The number of nitrogens with zero attached hydrogens (tertiary/aromatic N) is 4. The van der Waals surface area contributed by atoms with Gasteiger partial charge >= 0.3 is 0 Å². The van der Waals surface area contributed by atoms with Crippen molar-refractivity contribution in [2.24, 2.45) is 5.92 Å². The van der Waals surface area contributed by atoms with Crippen molar-refractivity contribution in [2.45, 2.75) is 32.9 Å². The Morgan fingerprint density at radius 2 is 1.97 bits per heavy atom. The molecule has 2 aromatic rings. The molecule has 2 aliphatic rings. The molecule has 0 aliphatic carbocycles. The molecular weight excluding hydrogens is 420 g/mol. The van der Waals surface area contributed by atoms with E-state index in [4.69, 9.17) is 11.6 Å². The van der Waals surface area contributed by atoms with Gasteiger partial charge in [0.25, 0.3) is 0 Å². The van der Waals surface area contributed by atoms with E-state index in [1.807, 2.05) is 36.1 Å². The second kappa shape index (κ2) is 9.45. The molecule has 0 spiro atoms. The number of carbonyl (C=O) groups excluding carboxylic acids is 2. The fraction of sp³-hybridized carbons (Fsp3) is 0.500. The number of aromatic nitrogens is 1. The molecule has 1 aromatic carbocycles. The monoisotopic (exact) mass is 446 g/mol. The average molecular weight is 447 g/mol. The van der Waals surface area contributed by atoms with Crippen LogP contribution < -0.4 is 0 Å². The molecule has 160 valence electrons. The van der Waals surface area contributed by atoms with Crippen molar-refractivity contribution in [2.75, 3.05) is 32.7 Å². The molecular formula is C22H27ClN4O2S. The Balaban J connectivity index is 1.30. The third kappa shape index (κ3) is 5.20. The number of halogens is 1. The van der Waals surface area contributed by atoms with Gasteiger partial charge in [-0.05, 0) is 31.0 Å². The predicted octanol–water partition coefficient (Wildman–Crippen LogP) is 3.19. The van der Waals surface area contributed by atoms with Gasteiger partial charge in [-0.3, -0.25) is 14.5 Å². The Kier molecular flexibility index (Phi) is 6.71. The normalized spacial score (nSPS) is 20.6. The molecule has 3 heterocycles. The second-order valence-corrected chi connectivity index (χ2v) is 9.61. The maximum Gasteiger partial charge on any atom is 0.228 e. The molecule has 6 nitrogen and oxygen atoms in total. The summed E-state index contributed by atoms with van der Waals surface area (Å²) in [7, 11) is 0. The number of aryl methyl sites for hydroxylation is 1. The van der Waals surface area contributed by atoms with Crippen molar-refractivity contribution < 1.29 is 9.59 Å². The number of hydrogen-bond acceptors (Lipinski definition) is 5. The standard InChI is InChI=1S/C22H27ClN4O2S/c1-16-24-20(15-30-16)14-25-7-2-8-26(10-9-25)22(29)18-11-21(28)27(13-18)12-17-3-5-19(23)6-4-17/h3-6,15,18H,2,7-14H2,1H3. The van der Waals surface area contributed by atoms with E-state index in [1.54, 1.807) is 16.2 Å². The summed E-state index contributed by atoms with van der Waals surface area (Å²) < 4.78 is 0. The fourth-order valence-electron chi connectivity index (χ4n) is 4.22. The smallest absolute Gasteiger partial charge is 0.228 e. The van der Waals surface area contributed by atoms with Crippen LogP contribution in [0.15, 0.2) is 29.6 Å². The van der Waals surface area contributed by atoms with Gasteiger partial charge < -0.3 is 9.80 Å². The fourth-order valence-corrected chi connectivity index (χ4v) is 4.95. The number of benzene rings is 1. The maximum absolute atomic E-state index is 13.1. The summed E-state index contributed by atoms with van der Waals surface area (Å²) in [4.78, 5) is 36.3. The largest absolute Gasteiger partial charge is 0.341 e. The lowest BCUT2D eigenvalue weighted by molar-refractivity contribution is -0.135. The number of carbonyl (C=O) groups is 2. The van der Waals surface area contributed by atoms with Crippen LogP contribution in [0.1, 0.15) is 29.1 Å². The summed E-state index contributed by atoms with van der Waals surface area (Å²) in [5.41, 5.74) is 2.14. The van der Waals surface area contributed by atoms with Crippen LogP contribution in [-0.4, -0.2) is 64.2 Å². The summed E-state index contributed by atoms with van der Waals surface area (Å²) in [6.45, 7) is 7.17. The van der Waals surface area contributed by atoms with Crippen LogP contribution >= 0.6 is 22.9 Å². The van der Waals surface area contributed by atoms with Gasteiger partial charge in [-0.15, -0.1) is 11.3 Å². The topological polar surface area (TPSA) is 56.8 Å². The van der Waals surface area contributed by atoms with Crippen LogP contribution in [-0.2, 0) is 22.7 Å². The van der Waals surface area contributed by atoms with Crippen molar-refractivity contribution in [1.82, 2.24) is 19.7 Å². The molecule has 8 heteroatoms. The summed E-state index contributed by atoms with van der Waals surface area (Å²) in [5, 5.41) is 3.88. The third-order valence-corrected chi connectivity index (χ3v) is 6.88. The van der Waals surface area contributed by atoms with Crippen LogP contribution in [0.4, 0.5) is 0 Å². The molecule has 2 saturated heterocycles. The van der Waals surface area contributed by atoms with E-state index in [2.05, 4.69) is 15.3 Å². The lowest BCUT2D eigenvalue weighted by atomic mass is 10.1. The van der Waals surface area contributed by atoms with Gasteiger partial charge in [-0.25, -0.2) is 4.98 Å². The van der Waals surface area contributed by atoms with Crippen LogP contribution in [0, 0.1) is 12.8 Å². The first-order valence-electron chi connectivity index (χ1n) is 10.4. The van der Waals surface area contributed by atoms with Crippen molar-refractivity contribution in [3.8, 4) is 0 Å². The highest BCUT2D eigenvalue weighted by Gasteiger charge is 2.36. The molecule has 30 heavy (non-hydrogen) atoms. The van der Waals surface area contributed by atoms with E-state index in [1.165, 1.54) is 0 Å². The Morgan fingerprint density at radius 3 is 2.70 bits per heavy atom. The number of thiazole rings is 1. The van der Waals surface area contributed by atoms with E-state index in [0.29, 0.717) is 31.1 Å². The molecule has 2 amide bonds. The molecule has 0 saturated carbocycles. The number of rotatable bonds is 5. The van der Waals surface area contributed by atoms with Crippen LogP contribution in [0.2, 0.25) is 5.02 Å². The Bertz CT molecular complexity index is 901. The highest BCUT2D eigenvalue weighted by atomic mass is 35.5. The first-order chi connectivity index (χ1) is 14.5. The highest BCUT2D eigenvalue weighted by molar-refractivity contribution is 7.09. The SMILES string of the molecule is Cc1nc(CN2CCCN(C(=O)C3CC(=O)N(Cc4ccc(Cl)cc4)C3)CC2)cs1. The summed E-state index contributed by atoms with van der Waals surface area (Å²) in [6, 6.07) is 7.52. The molecule has 0 N–H and O–H groups in total. The van der Waals surface area contributed by atoms with Gasteiger partial charge in [-0.2, -0.15) is 0 Å². The summed E-state index contributed by atoms with van der Waals surface area (Å²) in [6.07, 6.45) is 1.26. The Hall–Kier alpha value is -1.96. The molecule has 0 bridgehead atoms. The Morgan fingerprint density at radius 1 is 1.17 bits per heavy atom. The number of likely N-dealkylation sites (tertiary alicyclic amines) is 1. The second-order valence-electron chi connectivity index (χ2n) is 8.11.